The van der Waals surface area contributed by atoms with Crippen LogP contribution in [0.2, 0.25) is 0 Å². The number of rotatable bonds is 3. The minimum absolute atomic E-state index is 0. The van der Waals surface area contributed by atoms with Crippen LogP contribution in [-0.2, 0) is 4.79 Å². The number of carbonyl (C=O) groups is 1. The van der Waals surface area contributed by atoms with Crippen molar-refractivity contribution < 1.29 is 4.79 Å². The van der Waals surface area contributed by atoms with Gasteiger partial charge in [-0.05, 0) is 40.5 Å². The summed E-state index contributed by atoms with van der Waals surface area (Å²) in [6.45, 7) is 11.0. The van der Waals surface area contributed by atoms with Gasteiger partial charge in [0, 0.05) is 25.2 Å². The Morgan fingerprint density at radius 3 is 2.32 bits per heavy atom. The maximum atomic E-state index is 11.9. The minimum Gasteiger partial charge on any atom is -0.357 e. The Hall–Kier alpha value is -0.530. The fourth-order valence-electron chi connectivity index (χ4n) is 1.88. The summed E-state index contributed by atoms with van der Waals surface area (Å²) in [5, 5.41) is 6.42. The molecule has 0 atom stereocenters. The maximum Gasteiger partial charge on any atom is 0.244 e. The molecular formula is C13H27IN4O. The molecule has 0 bridgehead atoms. The standard InChI is InChI=1S/C13H26N4O.HI/c1-5-14-12(16-13(2,3)4)15-10-11(18)17-8-6-7-9-17;/h5-10H2,1-4H3,(H2,14,15,16);1H. The number of guanidine groups is 1. The van der Waals surface area contributed by atoms with E-state index in [0.29, 0.717) is 5.96 Å². The molecule has 6 heteroatoms. The average Bonchev–Trinajstić information content (AvgIpc) is 2.77. The normalized spacial score (nSPS) is 16.0. The molecule has 0 aromatic rings. The minimum atomic E-state index is -0.0578. The first-order valence-electron chi connectivity index (χ1n) is 6.76. The van der Waals surface area contributed by atoms with Crippen LogP contribution in [-0.4, -0.2) is 48.5 Å². The fraction of sp³-hybridized carbons (Fsp3) is 0.846. The van der Waals surface area contributed by atoms with Crippen molar-refractivity contribution >= 4 is 35.8 Å². The molecule has 1 heterocycles. The molecule has 1 amide bonds. The van der Waals surface area contributed by atoms with Gasteiger partial charge in [0.1, 0.15) is 6.54 Å². The molecule has 112 valence electrons. The van der Waals surface area contributed by atoms with E-state index in [1.165, 1.54) is 0 Å². The lowest BCUT2D eigenvalue weighted by atomic mass is 10.1. The molecule has 19 heavy (non-hydrogen) atoms. The Bertz CT molecular complexity index is 306. The van der Waals surface area contributed by atoms with Crippen molar-refractivity contribution in [2.75, 3.05) is 26.2 Å². The molecule has 0 unspecified atom stereocenters. The largest absolute Gasteiger partial charge is 0.357 e. The van der Waals surface area contributed by atoms with Gasteiger partial charge in [-0.15, -0.1) is 24.0 Å². The number of aliphatic imine (C=N–C) groups is 1. The van der Waals surface area contributed by atoms with Crippen molar-refractivity contribution in [1.29, 1.82) is 0 Å². The molecule has 1 rings (SSSR count). The zero-order chi connectivity index (χ0) is 13.6. The molecule has 0 aliphatic carbocycles. The Kier molecular flexibility index (Phi) is 8.36. The van der Waals surface area contributed by atoms with Crippen molar-refractivity contribution in [3.05, 3.63) is 0 Å². The van der Waals surface area contributed by atoms with Crippen molar-refractivity contribution in [1.82, 2.24) is 15.5 Å². The number of likely N-dealkylation sites (tertiary alicyclic amines) is 1. The van der Waals surface area contributed by atoms with E-state index in [9.17, 15) is 4.79 Å². The van der Waals surface area contributed by atoms with Crippen molar-refractivity contribution in [2.45, 2.75) is 46.1 Å². The van der Waals surface area contributed by atoms with E-state index in [0.717, 1.165) is 32.5 Å². The van der Waals surface area contributed by atoms with E-state index < -0.39 is 0 Å². The van der Waals surface area contributed by atoms with Gasteiger partial charge in [-0.25, -0.2) is 4.99 Å². The number of nitrogens with one attached hydrogen (secondary N) is 2. The number of carbonyl (C=O) groups excluding carboxylic acids is 1. The number of nitrogens with zero attached hydrogens (tertiary/aromatic N) is 2. The lowest BCUT2D eigenvalue weighted by Crippen LogP contribution is -2.48. The molecule has 0 saturated carbocycles. The summed E-state index contributed by atoms with van der Waals surface area (Å²) in [6.07, 6.45) is 2.24. The molecule has 1 fully saturated rings. The highest BCUT2D eigenvalue weighted by Gasteiger charge is 2.18. The number of amides is 1. The molecule has 5 nitrogen and oxygen atoms in total. The maximum absolute atomic E-state index is 11.9. The van der Waals surface area contributed by atoms with Crippen LogP contribution in [0.15, 0.2) is 4.99 Å². The van der Waals surface area contributed by atoms with Crippen LogP contribution < -0.4 is 10.6 Å². The van der Waals surface area contributed by atoms with Gasteiger partial charge in [-0.1, -0.05) is 0 Å². The number of halogens is 1. The fourth-order valence-corrected chi connectivity index (χ4v) is 1.88. The highest BCUT2D eigenvalue weighted by atomic mass is 127. The third-order valence-corrected chi connectivity index (χ3v) is 2.67. The third-order valence-electron chi connectivity index (χ3n) is 2.67. The lowest BCUT2D eigenvalue weighted by molar-refractivity contribution is -0.128. The van der Waals surface area contributed by atoms with Gasteiger partial charge >= 0.3 is 0 Å². The predicted molar refractivity (Wildman–Crippen MR) is 90.1 cm³/mol. The van der Waals surface area contributed by atoms with Crippen LogP contribution in [0.1, 0.15) is 40.5 Å². The number of hydrogen-bond acceptors (Lipinski definition) is 2. The molecule has 0 aromatic heterocycles. The first-order chi connectivity index (χ1) is 8.42. The summed E-state index contributed by atoms with van der Waals surface area (Å²) < 4.78 is 0. The summed E-state index contributed by atoms with van der Waals surface area (Å²) >= 11 is 0. The summed E-state index contributed by atoms with van der Waals surface area (Å²) in [7, 11) is 0. The second-order valence-electron chi connectivity index (χ2n) is 5.66. The van der Waals surface area contributed by atoms with Crippen molar-refractivity contribution in [3.63, 3.8) is 0 Å². The smallest absolute Gasteiger partial charge is 0.244 e. The second-order valence-corrected chi connectivity index (χ2v) is 5.66. The van der Waals surface area contributed by atoms with Crippen LogP contribution in [0.5, 0.6) is 0 Å². The van der Waals surface area contributed by atoms with Crippen molar-refractivity contribution in [3.8, 4) is 0 Å². The molecule has 1 aliphatic heterocycles. The highest BCUT2D eigenvalue weighted by molar-refractivity contribution is 14.0. The van der Waals surface area contributed by atoms with Crippen LogP contribution in [0.25, 0.3) is 0 Å². The highest BCUT2D eigenvalue weighted by Crippen LogP contribution is 2.07. The van der Waals surface area contributed by atoms with Gasteiger partial charge < -0.3 is 15.5 Å². The van der Waals surface area contributed by atoms with Gasteiger partial charge in [-0.2, -0.15) is 0 Å². The average molecular weight is 382 g/mol. The van der Waals surface area contributed by atoms with Crippen LogP contribution in [0.3, 0.4) is 0 Å². The first kappa shape index (κ1) is 18.5. The van der Waals surface area contributed by atoms with E-state index in [1.807, 2.05) is 11.8 Å². The first-order valence-corrected chi connectivity index (χ1v) is 6.76. The topological polar surface area (TPSA) is 56.7 Å². The van der Waals surface area contributed by atoms with E-state index >= 15 is 0 Å². The molecule has 0 radical (unpaired) electrons. The SMILES string of the molecule is CCNC(=NCC(=O)N1CCCC1)NC(C)(C)C.I. The van der Waals surface area contributed by atoms with Crippen LogP contribution in [0, 0.1) is 0 Å². The summed E-state index contributed by atoms with van der Waals surface area (Å²) in [5.74, 6) is 0.830. The molecule has 1 saturated heterocycles. The third kappa shape index (κ3) is 7.59. The van der Waals surface area contributed by atoms with E-state index in [1.54, 1.807) is 0 Å². The molecule has 0 aromatic carbocycles. The Morgan fingerprint density at radius 2 is 1.84 bits per heavy atom. The van der Waals surface area contributed by atoms with E-state index in [2.05, 4.69) is 36.4 Å². The zero-order valence-electron chi connectivity index (χ0n) is 12.5. The molecular weight excluding hydrogens is 355 g/mol. The Labute approximate surface area is 133 Å². The number of hydrogen-bond donors (Lipinski definition) is 2. The monoisotopic (exact) mass is 382 g/mol. The van der Waals surface area contributed by atoms with Crippen molar-refractivity contribution in [2.24, 2.45) is 4.99 Å². The Balaban J connectivity index is 0.00000324. The van der Waals surface area contributed by atoms with Gasteiger partial charge in [0.2, 0.25) is 5.91 Å². The lowest BCUT2D eigenvalue weighted by Gasteiger charge is -2.24. The molecule has 1 aliphatic rings. The summed E-state index contributed by atoms with van der Waals surface area (Å²) in [5.41, 5.74) is -0.0578. The van der Waals surface area contributed by atoms with Crippen LogP contribution >= 0.6 is 24.0 Å². The summed E-state index contributed by atoms with van der Waals surface area (Å²) in [6, 6.07) is 0. The summed E-state index contributed by atoms with van der Waals surface area (Å²) in [4.78, 5) is 18.1. The predicted octanol–water partition coefficient (Wildman–Crippen LogP) is 1.58. The van der Waals surface area contributed by atoms with Gasteiger partial charge in [-0.3, -0.25) is 4.79 Å². The molecule has 0 spiro atoms. The van der Waals surface area contributed by atoms with E-state index in [4.69, 9.17) is 0 Å². The molecule has 2 N–H and O–H groups in total. The quantitative estimate of drug-likeness (QED) is 0.443. The van der Waals surface area contributed by atoms with Crippen LogP contribution in [0.4, 0.5) is 0 Å². The second kappa shape index (κ2) is 8.60. The van der Waals surface area contributed by atoms with Gasteiger partial charge in [0.25, 0.3) is 0 Å². The zero-order valence-corrected chi connectivity index (χ0v) is 14.8. The Morgan fingerprint density at radius 1 is 1.26 bits per heavy atom. The van der Waals surface area contributed by atoms with E-state index in [-0.39, 0.29) is 42.0 Å². The van der Waals surface area contributed by atoms with Gasteiger partial charge in [0.05, 0.1) is 0 Å². The van der Waals surface area contributed by atoms with Gasteiger partial charge in [0.15, 0.2) is 5.96 Å².